The van der Waals surface area contributed by atoms with Gasteiger partial charge in [-0.25, -0.2) is 0 Å². The van der Waals surface area contributed by atoms with Crippen LogP contribution in [0.2, 0.25) is 5.02 Å². The number of nitrogens with one attached hydrogen (secondary N) is 1. The molecule has 0 aliphatic carbocycles. The number of nitrogens with two attached hydrogens (primary N) is 1. The second-order valence-electron chi connectivity index (χ2n) is 3.32. The van der Waals surface area contributed by atoms with Gasteiger partial charge in [0.15, 0.2) is 0 Å². The monoisotopic (exact) mass is 272 g/mol. The van der Waals surface area contributed by atoms with Gasteiger partial charge < -0.3 is 15.8 Å². The lowest BCUT2D eigenvalue weighted by molar-refractivity contribution is 0.0952. The van der Waals surface area contributed by atoms with Crippen molar-refractivity contribution in [1.82, 2.24) is 5.32 Å². The Balaban J connectivity index is 2.73. The quantitative estimate of drug-likeness (QED) is 0.802. The largest absolute Gasteiger partial charge is 0.496 e. The molecule has 3 N–H and O–H groups in total. The summed E-state index contributed by atoms with van der Waals surface area (Å²) in [6.45, 7) is 0.393. The van der Waals surface area contributed by atoms with Crippen LogP contribution in [0.1, 0.15) is 16.8 Å². The Bertz CT molecular complexity index is 437. The SMILES string of the molecule is COc1ccc(Cl)cc1C(=O)NCCC(N)=S. The molecular formula is C11H13ClN2O2S. The highest BCUT2D eigenvalue weighted by Crippen LogP contribution is 2.22. The van der Waals surface area contributed by atoms with Crippen molar-refractivity contribution in [1.29, 1.82) is 0 Å². The first-order chi connectivity index (χ1) is 8.04. The van der Waals surface area contributed by atoms with Crippen molar-refractivity contribution in [2.24, 2.45) is 5.73 Å². The van der Waals surface area contributed by atoms with Gasteiger partial charge in [0.25, 0.3) is 5.91 Å². The van der Waals surface area contributed by atoms with Crippen LogP contribution in [0, 0.1) is 0 Å². The first-order valence-corrected chi connectivity index (χ1v) is 5.73. The molecule has 0 aromatic heterocycles. The summed E-state index contributed by atoms with van der Waals surface area (Å²) in [5.41, 5.74) is 5.72. The van der Waals surface area contributed by atoms with Crippen molar-refractivity contribution >= 4 is 34.7 Å². The Morgan fingerprint density at radius 1 is 1.59 bits per heavy atom. The lowest BCUT2D eigenvalue weighted by atomic mass is 10.2. The second-order valence-corrected chi connectivity index (χ2v) is 4.28. The summed E-state index contributed by atoms with van der Waals surface area (Å²) >= 11 is 10.5. The van der Waals surface area contributed by atoms with Gasteiger partial charge in [-0.2, -0.15) is 0 Å². The van der Waals surface area contributed by atoms with Crippen molar-refractivity contribution in [2.45, 2.75) is 6.42 Å². The van der Waals surface area contributed by atoms with Gasteiger partial charge in [-0.3, -0.25) is 4.79 Å². The summed E-state index contributed by atoms with van der Waals surface area (Å²) in [6, 6.07) is 4.85. The Kier molecular flexibility index (Phi) is 5.18. The topological polar surface area (TPSA) is 64.3 Å². The predicted molar refractivity (Wildman–Crippen MR) is 71.7 cm³/mol. The van der Waals surface area contributed by atoms with Gasteiger partial charge in [-0.05, 0) is 18.2 Å². The molecule has 17 heavy (non-hydrogen) atoms. The number of thiocarbonyl (C=S) groups is 1. The molecule has 0 saturated heterocycles. The van der Waals surface area contributed by atoms with Crippen LogP contribution >= 0.6 is 23.8 Å². The maximum Gasteiger partial charge on any atom is 0.255 e. The van der Waals surface area contributed by atoms with E-state index in [1.54, 1.807) is 18.2 Å². The maximum absolute atomic E-state index is 11.8. The Morgan fingerprint density at radius 2 is 2.29 bits per heavy atom. The molecule has 92 valence electrons. The summed E-state index contributed by atoms with van der Waals surface area (Å²) in [6.07, 6.45) is 0.462. The van der Waals surface area contributed by atoms with E-state index in [2.05, 4.69) is 5.32 Å². The zero-order valence-corrected chi connectivity index (χ0v) is 10.9. The molecule has 1 aromatic carbocycles. The van der Waals surface area contributed by atoms with E-state index >= 15 is 0 Å². The van der Waals surface area contributed by atoms with Gasteiger partial charge in [0, 0.05) is 18.0 Å². The van der Waals surface area contributed by atoms with Gasteiger partial charge in [0.1, 0.15) is 5.75 Å². The molecule has 0 aliphatic rings. The van der Waals surface area contributed by atoms with E-state index in [-0.39, 0.29) is 5.91 Å². The Hall–Kier alpha value is -1.33. The van der Waals surface area contributed by atoms with Gasteiger partial charge in [-0.1, -0.05) is 23.8 Å². The highest BCUT2D eigenvalue weighted by atomic mass is 35.5. The maximum atomic E-state index is 11.8. The first kappa shape index (κ1) is 13.7. The molecule has 0 aliphatic heterocycles. The molecule has 0 saturated carbocycles. The molecule has 0 spiro atoms. The number of carbonyl (C=O) groups is 1. The van der Waals surface area contributed by atoms with E-state index in [0.29, 0.717) is 34.3 Å². The lowest BCUT2D eigenvalue weighted by Crippen LogP contribution is -2.27. The molecule has 0 unspecified atom stereocenters. The smallest absolute Gasteiger partial charge is 0.255 e. The van der Waals surface area contributed by atoms with Crippen molar-refractivity contribution in [3.05, 3.63) is 28.8 Å². The van der Waals surface area contributed by atoms with Gasteiger partial charge in [0.05, 0.1) is 17.7 Å². The van der Waals surface area contributed by atoms with E-state index in [0.717, 1.165) is 0 Å². The summed E-state index contributed by atoms with van der Waals surface area (Å²) in [5, 5.41) is 3.16. The normalized spacial score (nSPS) is 9.76. The molecule has 0 heterocycles. The number of halogens is 1. The zero-order chi connectivity index (χ0) is 12.8. The molecule has 6 heteroatoms. The van der Waals surface area contributed by atoms with Gasteiger partial charge in [-0.15, -0.1) is 0 Å². The molecule has 4 nitrogen and oxygen atoms in total. The average molecular weight is 273 g/mol. The van der Waals surface area contributed by atoms with E-state index in [1.807, 2.05) is 0 Å². The van der Waals surface area contributed by atoms with E-state index in [9.17, 15) is 4.79 Å². The number of methoxy groups -OCH3 is 1. The predicted octanol–water partition coefficient (Wildman–Crippen LogP) is 1.75. The number of hydrogen-bond donors (Lipinski definition) is 2. The summed E-state index contributed by atoms with van der Waals surface area (Å²) < 4.78 is 5.08. The van der Waals surface area contributed by atoms with Crippen LogP contribution in [0.5, 0.6) is 5.75 Å². The molecular weight excluding hydrogens is 260 g/mol. The number of ether oxygens (including phenoxy) is 1. The van der Waals surface area contributed by atoms with Crippen molar-refractivity contribution in [3.63, 3.8) is 0 Å². The third-order valence-electron chi connectivity index (χ3n) is 2.06. The number of carbonyl (C=O) groups excluding carboxylic acids is 1. The number of amides is 1. The number of rotatable bonds is 5. The summed E-state index contributed by atoms with van der Waals surface area (Å²) in [7, 11) is 1.50. The minimum atomic E-state index is -0.263. The Labute approximate surface area is 110 Å². The standard InChI is InChI=1S/C11H13ClN2O2S/c1-16-9-3-2-7(12)6-8(9)11(15)14-5-4-10(13)17/h2-3,6H,4-5H2,1H3,(H2,13,17)(H,14,15). The number of benzene rings is 1. The zero-order valence-electron chi connectivity index (χ0n) is 9.33. The fourth-order valence-corrected chi connectivity index (χ4v) is 1.53. The van der Waals surface area contributed by atoms with Crippen LogP contribution in [0.25, 0.3) is 0 Å². The highest BCUT2D eigenvalue weighted by Gasteiger charge is 2.12. The van der Waals surface area contributed by atoms with E-state index in [4.69, 9.17) is 34.3 Å². The van der Waals surface area contributed by atoms with Crippen LogP contribution in [0.4, 0.5) is 0 Å². The van der Waals surface area contributed by atoms with Crippen molar-refractivity contribution in [2.75, 3.05) is 13.7 Å². The van der Waals surface area contributed by atoms with E-state index < -0.39 is 0 Å². The van der Waals surface area contributed by atoms with E-state index in [1.165, 1.54) is 7.11 Å². The third kappa shape index (κ3) is 4.20. The fraction of sp³-hybridized carbons (Fsp3) is 0.273. The minimum Gasteiger partial charge on any atom is -0.496 e. The molecule has 0 fully saturated rings. The van der Waals surface area contributed by atoms with Crippen LogP contribution < -0.4 is 15.8 Å². The second kappa shape index (κ2) is 6.42. The molecule has 1 rings (SSSR count). The first-order valence-electron chi connectivity index (χ1n) is 4.94. The number of hydrogen-bond acceptors (Lipinski definition) is 3. The minimum absolute atomic E-state index is 0.263. The van der Waals surface area contributed by atoms with Crippen molar-refractivity contribution < 1.29 is 9.53 Å². The van der Waals surface area contributed by atoms with Crippen LogP contribution in [-0.4, -0.2) is 24.6 Å². The van der Waals surface area contributed by atoms with Gasteiger partial charge in [0.2, 0.25) is 0 Å². The molecule has 1 aromatic rings. The van der Waals surface area contributed by atoms with Gasteiger partial charge >= 0.3 is 0 Å². The third-order valence-corrected chi connectivity index (χ3v) is 2.50. The average Bonchev–Trinajstić information content (AvgIpc) is 2.28. The van der Waals surface area contributed by atoms with Crippen LogP contribution in [-0.2, 0) is 0 Å². The van der Waals surface area contributed by atoms with Crippen molar-refractivity contribution in [3.8, 4) is 5.75 Å². The Morgan fingerprint density at radius 3 is 2.88 bits per heavy atom. The van der Waals surface area contributed by atoms with Crippen LogP contribution in [0.15, 0.2) is 18.2 Å². The van der Waals surface area contributed by atoms with Crippen LogP contribution in [0.3, 0.4) is 0 Å². The lowest BCUT2D eigenvalue weighted by Gasteiger charge is -2.09. The summed E-state index contributed by atoms with van der Waals surface area (Å²) in [5.74, 6) is 0.211. The fourth-order valence-electron chi connectivity index (χ4n) is 1.25. The molecule has 0 radical (unpaired) electrons. The highest BCUT2D eigenvalue weighted by molar-refractivity contribution is 7.80. The summed E-state index contributed by atoms with van der Waals surface area (Å²) in [4.78, 5) is 12.2. The molecule has 0 bridgehead atoms. The molecule has 0 atom stereocenters. The molecule has 1 amide bonds.